The zero-order valence-electron chi connectivity index (χ0n) is 7.95. The number of rotatable bonds is 0. The van der Waals surface area contributed by atoms with E-state index in [-0.39, 0.29) is 0 Å². The van der Waals surface area contributed by atoms with Crippen LogP contribution in [0.1, 0.15) is 4.88 Å². The van der Waals surface area contributed by atoms with Crippen LogP contribution in [0, 0.1) is 6.92 Å². The average molecular weight is 198 g/mol. The lowest BCUT2D eigenvalue weighted by molar-refractivity contribution is 1.66. The summed E-state index contributed by atoms with van der Waals surface area (Å²) in [5.74, 6) is 0. The smallest absolute Gasteiger partial charge is 0.0352 e. The highest BCUT2D eigenvalue weighted by atomic mass is 32.1. The van der Waals surface area contributed by atoms with Crippen LogP contribution in [0.25, 0.3) is 20.9 Å². The topological polar surface area (TPSA) is 0 Å². The Hall–Kier alpha value is -1.34. The van der Waals surface area contributed by atoms with Crippen LogP contribution in [0.3, 0.4) is 0 Å². The summed E-state index contributed by atoms with van der Waals surface area (Å²) in [5, 5.41) is 4.10. The lowest BCUT2D eigenvalue weighted by Gasteiger charge is -1.97. The van der Waals surface area contributed by atoms with Gasteiger partial charge >= 0.3 is 0 Å². The molecule has 0 aliphatic carbocycles. The van der Waals surface area contributed by atoms with E-state index in [4.69, 9.17) is 0 Å². The van der Waals surface area contributed by atoms with E-state index < -0.39 is 0 Å². The molecule has 2 aromatic carbocycles. The summed E-state index contributed by atoms with van der Waals surface area (Å²) in [6.07, 6.45) is 0. The van der Waals surface area contributed by atoms with Crippen molar-refractivity contribution >= 4 is 32.2 Å². The predicted octanol–water partition coefficient (Wildman–Crippen LogP) is 4.36. The molecule has 0 fully saturated rings. The highest BCUT2D eigenvalue weighted by Gasteiger charge is 2.01. The summed E-state index contributed by atoms with van der Waals surface area (Å²) in [6, 6.07) is 15.3. The molecule has 3 rings (SSSR count). The third-order valence-electron chi connectivity index (χ3n) is 2.55. The van der Waals surface area contributed by atoms with E-state index in [1.165, 1.54) is 25.7 Å². The lowest BCUT2D eigenvalue weighted by Crippen LogP contribution is -1.71. The van der Waals surface area contributed by atoms with Crippen molar-refractivity contribution in [3.05, 3.63) is 47.3 Å². The second-order valence-electron chi connectivity index (χ2n) is 3.56. The number of thiophene rings is 1. The summed E-state index contributed by atoms with van der Waals surface area (Å²) >= 11 is 1.87. The van der Waals surface area contributed by atoms with E-state index in [9.17, 15) is 0 Å². The normalized spacial score (nSPS) is 11.2. The standard InChI is InChI=1S/C13H10S/c1-9-8-12-11-5-3-2-4-10(11)6-7-13(12)14-9/h2-8H,1H3. The molecule has 68 valence electrons. The minimum absolute atomic E-state index is 1.33. The molecule has 0 spiro atoms. The van der Waals surface area contributed by atoms with Gasteiger partial charge in [-0.2, -0.15) is 0 Å². The molecule has 3 aromatic rings. The molecule has 0 radical (unpaired) electrons. The van der Waals surface area contributed by atoms with Crippen LogP contribution < -0.4 is 0 Å². The maximum atomic E-state index is 2.28. The SMILES string of the molecule is Cc1cc2c(ccc3ccccc32)s1. The maximum Gasteiger partial charge on any atom is 0.0352 e. The predicted molar refractivity (Wildman–Crippen MR) is 64.1 cm³/mol. The van der Waals surface area contributed by atoms with E-state index in [0.717, 1.165) is 0 Å². The third kappa shape index (κ3) is 1.06. The molecule has 0 nitrogen and oxygen atoms in total. The number of hydrogen-bond donors (Lipinski definition) is 0. The molecule has 0 saturated carbocycles. The Morgan fingerprint density at radius 3 is 2.71 bits per heavy atom. The average Bonchev–Trinajstić information content (AvgIpc) is 2.59. The van der Waals surface area contributed by atoms with E-state index in [1.807, 2.05) is 11.3 Å². The van der Waals surface area contributed by atoms with Crippen LogP contribution in [0.5, 0.6) is 0 Å². The van der Waals surface area contributed by atoms with Crippen molar-refractivity contribution in [3.63, 3.8) is 0 Å². The van der Waals surface area contributed by atoms with Crippen molar-refractivity contribution in [2.24, 2.45) is 0 Å². The Balaban J connectivity index is 2.60. The quantitative estimate of drug-likeness (QED) is 0.503. The maximum absolute atomic E-state index is 2.28. The highest BCUT2D eigenvalue weighted by molar-refractivity contribution is 7.19. The second kappa shape index (κ2) is 2.82. The Morgan fingerprint density at radius 1 is 0.929 bits per heavy atom. The molecule has 0 N–H and O–H groups in total. The third-order valence-corrected chi connectivity index (χ3v) is 3.56. The first kappa shape index (κ1) is 8.01. The first-order valence-corrected chi connectivity index (χ1v) is 5.54. The van der Waals surface area contributed by atoms with Gasteiger partial charge in [0.15, 0.2) is 0 Å². The first-order valence-electron chi connectivity index (χ1n) is 4.72. The van der Waals surface area contributed by atoms with Gasteiger partial charge < -0.3 is 0 Å². The number of aryl methyl sites for hydroxylation is 1. The van der Waals surface area contributed by atoms with Crippen LogP contribution in [0.15, 0.2) is 42.5 Å². The zero-order valence-corrected chi connectivity index (χ0v) is 8.77. The Labute approximate surface area is 86.8 Å². The van der Waals surface area contributed by atoms with Crippen LogP contribution in [0.4, 0.5) is 0 Å². The number of hydrogen-bond acceptors (Lipinski definition) is 1. The molecule has 0 unspecified atom stereocenters. The minimum Gasteiger partial charge on any atom is -0.141 e. The van der Waals surface area contributed by atoms with Gasteiger partial charge in [0.05, 0.1) is 0 Å². The fraction of sp³-hybridized carbons (Fsp3) is 0.0769. The molecular formula is C13H10S. The Morgan fingerprint density at radius 2 is 1.79 bits per heavy atom. The molecule has 1 heteroatoms. The molecule has 14 heavy (non-hydrogen) atoms. The van der Waals surface area contributed by atoms with Crippen molar-refractivity contribution in [1.82, 2.24) is 0 Å². The van der Waals surface area contributed by atoms with Gasteiger partial charge in [-0.05, 0) is 29.8 Å². The van der Waals surface area contributed by atoms with E-state index in [1.54, 1.807) is 0 Å². The zero-order chi connectivity index (χ0) is 9.54. The molecule has 0 amide bonds. The fourth-order valence-corrected chi connectivity index (χ4v) is 2.86. The van der Waals surface area contributed by atoms with Gasteiger partial charge in [-0.15, -0.1) is 11.3 Å². The van der Waals surface area contributed by atoms with Crippen molar-refractivity contribution < 1.29 is 0 Å². The molecule has 0 bridgehead atoms. The van der Waals surface area contributed by atoms with Gasteiger partial charge in [-0.1, -0.05) is 30.3 Å². The van der Waals surface area contributed by atoms with Crippen molar-refractivity contribution in [3.8, 4) is 0 Å². The molecule has 0 aliphatic heterocycles. The Kier molecular flexibility index (Phi) is 1.62. The molecule has 1 aromatic heterocycles. The summed E-state index contributed by atoms with van der Waals surface area (Å²) in [7, 11) is 0. The van der Waals surface area contributed by atoms with Crippen LogP contribution >= 0.6 is 11.3 Å². The largest absolute Gasteiger partial charge is 0.141 e. The van der Waals surface area contributed by atoms with Gasteiger partial charge in [0.2, 0.25) is 0 Å². The van der Waals surface area contributed by atoms with E-state index in [2.05, 4.69) is 49.4 Å². The van der Waals surface area contributed by atoms with Gasteiger partial charge in [0.1, 0.15) is 0 Å². The molecule has 1 heterocycles. The van der Waals surface area contributed by atoms with Gasteiger partial charge in [-0.25, -0.2) is 0 Å². The second-order valence-corrected chi connectivity index (χ2v) is 4.84. The Bertz CT molecular complexity index is 605. The van der Waals surface area contributed by atoms with Gasteiger partial charge in [0.25, 0.3) is 0 Å². The number of benzene rings is 2. The molecule has 0 atom stereocenters. The fourth-order valence-electron chi connectivity index (χ4n) is 1.92. The van der Waals surface area contributed by atoms with Gasteiger partial charge in [-0.3, -0.25) is 0 Å². The highest BCUT2D eigenvalue weighted by Crippen LogP contribution is 2.31. The number of fused-ring (bicyclic) bond motifs is 3. The van der Waals surface area contributed by atoms with Crippen LogP contribution in [0.2, 0.25) is 0 Å². The lowest BCUT2D eigenvalue weighted by atomic mass is 10.1. The van der Waals surface area contributed by atoms with Crippen molar-refractivity contribution in [2.75, 3.05) is 0 Å². The summed E-state index contributed by atoms with van der Waals surface area (Å²) in [5.41, 5.74) is 0. The minimum atomic E-state index is 1.33. The van der Waals surface area contributed by atoms with E-state index >= 15 is 0 Å². The van der Waals surface area contributed by atoms with Crippen molar-refractivity contribution in [1.29, 1.82) is 0 Å². The first-order chi connectivity index (χ1) is 6.84. The molecular weight excluding hydrogens is 188 g/mol. The summed E-state index contributed by atoms with van der Waals surface area (Å²) < 4.78 is 1.39. The van der Waals surface area contributed by atoms with Gasteiger partial charge in [0, 0.05) is 15.0 Å². The molecule has 0 aliphatic rings. The van der Waals surface area contributed by atoms with Crippen molar-refractivity contribution in [2.45, 2.75) is 6.92 Å². The van der Waals surface area contributed by atoms with Crippen LogP contribution in [-0.4, -0.2) is 0 Å². The van der Waals surface area contributed by atoms with E-state index in [0.29, 0.717) is 0 Å². The summed E-state index contributed by atoms with van der Waals surface area (Å²) in [6.45, 7) is 2.17. The monoisotopic (exact) mass is 198 g/mol. The summed E-state index contributed by atoms with van der Waals surface area (Å²) in [4.78, 5) is 1.39. The van der Waals surface area contributed by atoms with Crippen LogP contribution in [-0.2, 0) is 0 Å². The molecule has 0 saturated heterocycles.